The molecule has 0 bridgehead atoms. The molecule has 3 amide bonds. The van der Waals surface area contributed by atoms with Crippen molar-refractivity contribution in [1.29, 1.82) is 0 Å². The fraction of sp³-hybridized carbons (Fsp3) is 0.333. The molecule has 2 N–H and O–H groups in total. The number of amides is 3. The van der Waals surface area contributed by atoms with Crippen LogP contribution in [0.4, 0.5) is 4.79 Å². The van der Waals surface area contributed by atoms with Crippen LogP contribution in [0.5, 0.6) is 0 Å². The van der Waals surface area contributed by atoms with Crippen molar-refractivity contribution in [2.24, 2.45) is 0 Å². The first-order chi connectivity index (χ1) is 13.6. The molecule has 28 heavy (non-hydrogen) atoms. The summed E-state index contributed by atoms with van der Waals surface area (Å²) in [6.07, 6.45) is 0. The van der Waals surface area contributed by atoms with Gasteiger partial charge in [-0.2, -0.15) is 0 Å². The summed E-state index contributed by atoms with van der Waals surface area (Å²) in [6, 6.07) is 16.8. The molecule has 2 aromatic rings. The van der Waals surface area contributed by atoms with Crippen LogP contribution in [0.1, 0.15) is 15.9 Å². The van der Waals surface area contributed by atoms with Gasteiger partial charge in [-0.05, 0) is 29.8 Å². The molecule has 0 saturated carbocycles. The Labute approximate surface area is 170 Å². The second-order valence-electron chi connectivity index (χ2n) is 6.74. The largest absolute Gasteiger partial charge is 0.350 e. The third-order valence-corrected chi connectivity index (χ3v) is 4.95. The number of piperazine rings is 1. The molecule has 2 aromatic carbocycles. The maximum Gasteiger partial charge on any atom is 0.317 e. The zero-order valence-corrected chi connectivity index (χ0v) is 16.5. The number of halogens is 1. The lowest BCUT2D eigenvalue weighted by molar-refractivity contribution is 0.0952. The van der Waals surface area contributed by atoms with E-state index in [1.54, 1.807) is 12.1 Å². The minimum atomic E-state index is -0.134. The van der Waals surface area contributed by atoms with Gasteiger partial charge in [-0.25, -0.2) is 4.79 Å². The molecule has 0 spiro atoms. The third kappa shape index (κ3) is 5.97. The highest BCUT2D eigenvalue weighted by Gasteiger charge is 2.20. The molecule has 1 aliphatic heterocycles. The van der Waals surface area contributed by atoms with Crippen LogP contribution < -0.4 is 10.6 Å². The Morgan fingerprint density at radius 2 is 1.50 bits per heavy atom. The number of nitrogens with zero attached hydrogens (tertiary/aromatic N) is 2. The van der Waals surface area contributed by atoms with Crippen molar-refractivity contribution in [2.75, 3.05) is 39.3 Å². The number of carbonyl (C=O) groups excluding carboxylic acids is 2. The molecule has 6 nitrogen and oxygen atoms in total. The predicted octanol–water partition coefficient (Wildman–Crippen LogP) is 2.60. The Morgan fingerprint density at radius 3 is 2.18 bits per heavy atom. The monoisotopic (exact) mass is 400 g/mol. The van der Waals surface area contributed by atoms with Gasteiger partial charge in [0, 0.05) is 56.4 Å². The Balaban J connectivity index is 1.32. The number of carbonyl (C=O) groups is 2. The van der Waals surface area contributed by atoms with Gasteiger partial charge in [0.25, 0.3) is 5.91 Å². The number of benzene rings is 2. The van der Waals surface area contributed by atoms with Crippen LogP contribution in [-0.4, -0.2) is 61.0 Å². The first-order valence-corrected chi connectivity index (χ1v) is 9.82. The molecule has 1 heterocycles. The molecular weight excluding hydrogens is 376 g/mol. The number of hydrogen-bond acceptors (Lipinski definition) is 3. The van der Waals surface area contributed by atoms with Gasteiger partial charge in [-0.15, -0.1) is 0 Å². The standard InChI is InChI=1S/C21H25ClN4O2/c22-19-8-6-17(7-9-19)16-25-12-14-26(15-13-25)21(28)24-11-10-23-20(27)18-4-2-1-3-5-18/h1-9H,10-16H2,(H,23,27)(H,24,28). The SMILES string of the molecule is O=C(NCCNC(=O)N1CCN(Cc2ccc(Cl)cc2)CC1)c1ccccc1. The first kappa shape index (κ1) is 20.2. The zero-order chi connectivity index (χ0) is 19.8. The fourth-order valence-corrected chi connectivity index (χ4v) is 3.23. The van der Waals surface area contributed by atoms with E-state index in [0.29, 0.717) is 31.7 Å². The number of rotatable bonds is 6. The number of urea groups is 1. The summed E-state index contributed by atoms with van der Waals surface area (Å²) in [6.45, 7) is 4.71. The van der Waals surface area contributed by atoms with Crippen molar-refractivity contribution in [2.45, 2.75) is 6.54 Å². The highest BCUT2D eigenvalue weighted by molar-refractivity contribution is 6.30. The van der Waals surface area contributed by atoms with E-state index < -0.39 is 0 Å². The van der Waals surface area contributed by atoms with Crippen LogP contribution in [0, 0.1) is 0 Å². The lowest BCUT2D eigenvalue weighted by Crippen LogP contribution is -2.52. The van der Waals surface area contributed by atoms with Crippen LogP contribution in [-0.2, 0) is 6.54 Å². The Bertz CT molecular complexity index is 775. The van der Waals surface area contributed by atoms with Crippen LogP contribution >= 0.6 is 11.6 Å². The summed E-state index contributed by atoms with van der Waals surface area (Å²) < 4.78 is 0. The van der Waals surface area contributed by atoms with Gasteiger partial charge in [0.15, 0.2) is 0 Å². The van der Waals surface area contributed by atoms with Gasteiger partial charge in [0.05, 0.1) is 0 Å². The van der Waals surface area contributed by atoms with Gasteiger partial charge in [-0.3, -0.25) is 9.69 Å². The van der Waals surface area contributed by atoms with Crippen LogP contribution in [0.25, 0.3) is 0 Å². The van der Waals surface area contributed by atoms with Gasteiger partial charge in [0.2, 0.25) is 0 Å². The van der Waals surface area contributed by atoms with E-state index in [-0.39, 0.29) is 11.9 Å². The summed E-state index contributed by atoms with van der Waals surface area (Å²) in [7, 11) is 0. The van der Waals surface area contributed by atoms with E-state index in [1.165, 1.54) is 5.56 Å². The average molecular weight is 401 g/mol. The molecule has 1 saturated heterocycles. The molecular formula is C21H25ClN4O2. The van der Waals surface area contributed by atoms with E-state index >= 15 is 0 Å². The maximum atomic E-state index is 12.3. The molecule has 7 heteroatoms. The zero-order valence-electron chi connectivity index (χ0n) is 15.7. The maximum absolute atomic E-state index is 12.3. The molecule has 3 rings (SSSR count). The summed E-state index contributed by atoms with van der Waals surface area (Å²) in [5.41, 5.74) is 1.84. The lowest BCUT2D eigenvalue weighted by Gasteiger charge is -2.34. The predicted molar refractivity (Wildman–Crippen MR) is 110 cm³/mol. The second-order valence-corrected chi connectivity index (χ2v) is 7.18. The first-order valence-electron chi connectivity index (χ1n) is 9.44. The smallest absolute Gasteiger partial charge is 0.317 e. The topological polar surface area (TPSA) is 64.7 Å². The van der Waals surface area contributed by atoms with Crippen molar-refractivity contribution in [3.8, 4) is 0 Å². The Morgan fingerprint density at radius 1 is 0.857 bits per heavy atom. The Kier molecular flexibility index (Phi) is 7.28. The lowest BCUT2D eigenvalue weighted by atomic mass is 10.2. The Hall–Kier alpha value is -2.57. The molecule has 0 aromatic heterocycles. The van der Waals surface area contributed by atoms with E-state index in [0.717, 1.165) is 24.7 Å². The van der Waals surface area contributed by atoms with E-state index in [9.17, 15) is 9.59 Å². The van der Waals surface area contributed by atoms with Crippen molar-refractivity contribution in [3.63, 3.8) is 0 Å². The third-order valence-electron chi connectivity index (χ3n) is 4.70. The highest BCUT2D eigenvalue weighted by Crippen LogP contribution is 2.13. The summed E-state index contributed by atoms with van der Waals surface area (Å²) in [4.78, 5) is 28.4. The molecule has 0 unspecified atom stereocenters. The summed E-state index contributed by atoms with van der Waals surface area (Å²) in [5, 5.41) is 6.42. The van der Waals surface area contributed by atoms with Crippen LogP contribution in [0.3, 0.4) is 0 Å². The molecule has 0 radical (unpaired) electrons. The van der Waals surface area contributed by atoms with E-state index in [2.05, 4.69) is 15.5 Å². The quantitative estimate of drug-likeness (QED) is 0.732. The van der Waals surface area contributed by atoms with Crippen LogP contribution in [0.2, 0.25) is 5.02 Å². The molecule has 148 valence electrons. The fourth-order valence-electron chi connectivity index (χ4n) is 3.11. The number of hydrogen-bond donors (Lipinski definition) is 2. The van der Waals surface area contributed by atoms with E-state index in [4.69, 9.17) is 11.6 Å². The van der Waals surface area contributed by atoms with Gasteiger partial charge >= 0.3 is 6.03 Å². The van der Waals surface area contributed by atoms with Crippen molar-refractivity contribution in [3.05, 3.63) is 70.7 Å². The minimum absolute atomic E-state index is 0.0832. The van der Waals surface area contributed by atoms with Gasteiger partial charge in [-0.1, -0.05) is 41.9 Å². The molecule has 1 aliphatic rings. The van der Waals surface area contributed by atoms with Crippen LogP contribution in [0.15, 0.2) is 54.6 Å². The summed E-state index contributed by atoms with van der Waals surface area (Å²) in [5.74, 6) is -0.134. The molecule has 0 aliphatic carbocycles. The van der Waals surface area contributed by atoms with Crippen molar-refractivity contribution < 1.29 is 9.59 Å². The number of nitrogens with one attached hydrogen (secondary N) is 2. The van der Waals surface area contributed by atoms with E-state index in [1.807, 2.05) is 47.4 Å². The van der Waals surface area contributed by atoms with Crippen molar-refractivity contribution in [1.82, 2.24) is 20.4 Å². The van der Waals surface area contributed by atoms with Crippen molar-refractivity contribution >= 4 is 23.5 Å². The minimum Gasteiger partial charge on any atom is -0.350 e. The molecule has 1 fully saturated rings. The normalized spacial score (nSPS) is 14.5. The van der Waals surface area contributed by atoms with Gasteiger partial charge < -0.3 is 15.5 Å². The molecule has 0 atom stereocenters. The summed E-state index contributed by atoms with van der Waals surface area (Å²) >= 11 is 5.92. The highest BCUT2D eigenvalue weighted by atomic mass is 35.5. The van der Waals surface area contributed by atoms with Gasteiger partial charge in [0.1, 0.15) is 0 Å². The average Bonchev–Trinajstić information content (AvgIpc) is 2.73. The second kappa shape index (κ2) is 10.1.